The fourth-order valence-corrected chi connectivity index (χ4v) is 2.76. The average Bonchev–Trinajstić information content (AvgIpc) is 2.59. The first-order chi connectivity index (χ1) is 7.96. The molecule has 5 heteroatoms. The van der Waals surface area contributed by atoms with E-state index in [1.807, 2.05) is 29.6 Å². The highest BCUT2D eigenvalue weighted by molar-refractivity contribution is 7.17. The Kier molecular flexibility index (Phi) is 3.40. The summed E-state index contributed by atoms with van der Waals surface area (Å²) in [5, 5.41) is 2.98. The Morgan fingerprint density at radius 3 is 2.65 bits per heavy atom. The normalized spacial score (nSPS) is 12.5. The van der Waals surface area contributed by atoms with Gasteiger partial charge in [0.1, 0.15) is 0 Å². The smallest absolute Gasteiger partial charge is 0.294 e. The van der Waals surface area contributed by atoms with Crippen LogP contribution in [0.5, 0.6) is 0 Å². The molecule has 1 nitrogen and oxygen atoms in total. The second-order valence-electron chi connectivity index (χ2n) is 4.04. The molecule has 1 aromatic heterocycles. The third kappa shape index (κ3) is 3.20. The van der Waals surface area contributed by atoms with Crippen molar-refractivity contribution in [1.29, 1.82) is 0 Å². The van der Waals surface area contributed by atoms with E-state index in [-0.39, 0.29) is 0 Å². The molecular weight excluding hydrogens is 247 g/mol. The van der Waals surface area contributed by atoms with Crippen molar-refractivity contribution >= 4 is 21.4 Å². The SMILES string of the molecule is CN(Cc1csc2ccccc12)CC(F)(F)F. The van der Waals surface area contributed by atoms with Gasteiger partial charge in [0.2, 0.25) is 0 Å². The summed E-state index contributed by atoms with van der Waals surface area (Å²) in [4.78, 5) is 1.29. The summed E-state index contributed by atoms with van der Waals surface area (Å²) in [6.45, 7) is -0.555. The Morgan fingerprint density at radius 1 is 1.24 bits per heavy atom. The molecule has 0 saturated carbocycles. The lowest BCUT2D eigenvalue weighted by atomic mass is 10.2. The van der Waals surface area contributed by atoms with Crippen molar-refractivity contribution in [3.05, 3.63) is 35.2 Å². The van der Waals surface area contributed by atoms with Crippen LogP contribution in [0, 0.1) is 0 Å². The quantitative estimate of drug-likeness (QED) is 0.808. The predicted octanol–water partition coefficient (Wildman–Crippen LogP) is 3.90. The molecule has 0 saturated heterocycles. The molecule has 2 rings (SSSR count). The maximum Gasteiger partial charge on any atom is 0.401 e. The van der Waals surface area contributed by atoms with Crippen LogP contribution in [-0.2, 0) is 6.54 Å². The van der Waals surface area contributed by atoms with E-state index in [1.165, 1.54) is 11.9 Å². The summed E-state index contributed by atoms with van der Waals surface area (Å²) >= 11 is 1.57. The number of nitrogens with zero attached hydrogens (tertiary/aromatic N) is 1. The Morgan fingerprint density at radius 2 is 1.94 bits per heavy atom. The second kappa shape index (κ2) is 4.66. The van der Waals surface area contributed by atoms with Crippen LogP contribution in [0.3, 0.4) is 0 Å². The van der Waals surface area contributed by atoms with Crippen LogP contribution in [0.4, 0.5) is 13.2 Å². The number of fused-ring (bicyclic) bond motifs is 1. The summed E-state index contributed by atoms with van der Waals surface area (Å²) in [6.07, 6.45) is -4.14. The van der Waals surface area contributed by atoms with Crippen molar-refractivity contribution in [2.75, 3.05) is 13.6 Å². The molecule has 2 aromatic rings. The van der Waals surface area contributed by atoms with Gasteiger partial charge in [0, 0.05) is 11.2 Å². The van der Waals surface area contributed by atoms with E-state index in [0.717, 1.165) is 15.6 Å². The van der Waals surface area contributed by atoms with E-state index in [0.29, 0.717) is 6.54 Å². The van der Waals surface area contributed by atoms with Crippen molar-refractivity contribution in [3.8, 4) is 0 Å². The molecule has 0 unspecified atom stereocenters. The van der Waals surface area contributed by atoms with Crippen LogP contribution in [0.25, 0.3) is 10.1 Å². The standard InChI is InChI=1S/C12H12F3NS/c1-16(8-12(13,14)15)6-9-7-17-11-5-3-2-4-10(9)11/h2-5,7H,6,8H2,1H3. The van der Waals surface area contributed by atoms with E-state index in [4.69, 9.17) is 0 Å². The molecule has 0 amide bonds. The molecule has 0 spiro atoms. The van der Waals surface area contributed by atoms with Crippen LogP contribution in [0.15, 0.2) is 29.6 Å². The predicted molar refractivity (Wildman–Crippen MR) is 64.2 cm³/mol. The average molecular weight is 259 g/mol. The maximum absolute atomic E-state index is 12.2. The first kappa shape index (κ1) is 12.4. The number of hydrogen-bond donors (Lipinski definition) is 0. The van der Waals surface area contributed by atoms with Gasteiger partial charge in [-0.15, -0.1) is 11.3 Å². The topological polar surface area (TPSA) is 3.24 Å². The van der Waals surface area contributed by atoms with E-state index in [1.54, 1.807) is 11.3 Å². The lowest BCUT2D eigenvalue weighted by Gasteiger charge is -2.18. The van der Waals surface area contributed by atoms with Gasteiger partial charge < -0.3 is 0 Å². The zero-order valence-electron chi connectivity index (χ0n) is 9.29. The van der Waals surface area contributed by atoms with Gasteiger partial charge in [-0.1, -0.05) is 18.2 Å². The first-order valence-electron chi connectivity index (χ1n) is 5.16. The molecule has 0 N–H and O–H groups in total. The number of benzene rings is 1. The third-order valence-electron chi connectivity index (χ3n) is 2.45. The molecule has 17 heavy (non-hydrogen) atoms. The zero-order valence-corrected chi connectivity index (χ0v) is 10.1. The van der Waals surface area contributed by atoms with Gasteiger partial charge in [-0.25, -0.2) is 0 Å². The Bertz CT molecular complexity index is 504. The fourth-order valence-electron chi connectivity index (χ4n) is 1.81. The molecule has 0 aliphatic carbocycles. The van der Waals surface area contributed by atoms with Gasteiger partial charge in [-0.05, 0) is 29.4 Å². The van der Waals surface area contributed by atoms with Gasteiger partial charge in [0.25, 0.3) is 0 Å². The Hall–Kier alpha value is -1.07. The highest BCUT2D eigenvalue weighted by Crippen LogP contribution is 2.27. The van der Waals surface area contributed by atoms with Gasteiger partial charge in [-0.2, -0.15) is 13.2 Å². The minimum absolute atomic E-state index is 0.323. The molecule has 1 aromatic carbocycles. The van der Waals surface area contributed by atoms with Gasteiger partial charge in [-0.3, -0.25) is 4.90 Å². The number of alkyl halides is 3. The molecule has 0 aliphatic rings. The second-order valence-corrected chi connectivity index (χ2v) is 4.96. The maximum atomic E-state index is 12.2. The third-order valence-corrected chi connectivity index (χ3v) is 3.46. The van der Waals surface area contributed by atoms with Crippen molar-refractivity contribution < 1.29 is 13.2 Å². The van der Waals surface area contributed by atoms with Gasteiger partial charge in [0.05, 0.1) is 6.54 Å². The van der Waals surface area contributed by atoms with Gasteiger partial charge in [0.15, 0.2) is 0 Å². The number of halogens is 3. The van der Waals surface area contributed by atoms with Crippen LogP contribution in [-0.4, -0.2) is 24.7 Å². The highest BCUT2D eigenvalue weighted by atomic mass is 32.1. The van der Waals surface area contributed by atoms with Crippen molar-refractivity contribution in [1.82, 2.24) is 4.90 Å². The lowest BCUT2D eigenvalue weighted by molar-refractivity contribution is -0.143. The molecule has 1 heterocycles. The summed E-state index contributed by atoms with van der Waals surface area (Å²) < 4.78 is 37.7. The lowest BCUT2D eigenvalue weighted by Crippen LogP contribution is -2.30. The molecule has 0 fully saturated rings. The van der Waals surface area contributed by atoms with Crippen LogP contribution >= 0.6 is 11.3 Å². The Balaban J connectivity index is 2.13. The van der Waals surface area contributed by atoms with Gasteiger partial charge >= 0.3 is 6.18 Å². The fraction of sp³-hybridized carbons (Fsp3) is 0.333. The van der Waals surface area contributed by atoms with Crippen LogP contribution in [0.2, 0.25) is 0 Å². The summed E-state index contributed by atoms with van der Waals surface area (Å²) in [5.74, 6) is 0. The number of hydrogen-bond acceptors (Lipinski definition) is 2. The van der Waals surface area contributed by atoms with Crippen LogP contribution < -0.4 is 0 Å². The Labute approximate surface area is 101 Å². The van der Waals surface area contributed by atoms with Crippen molar-refractivity contribution in [2.45, 2.75) is 12.7 Å². The minimum Gasteiger partial charge on any atom is -0.294 e. The van der Waals surface area contributed by atoms with Crippen molar-refractivity contribution in [2.24, 2.45) is 0 Å². The van der Waals surface area contributed by atoms with E-state index < -0.39 is 12.7 Å². The largest absolute Gasteiger partial charge is 0.401 e. The molecule has 92 valence electrons. The van der Waals surface area contributed by atoms with E-state index in [9.17, 15) is 13.2 Å². The molecule has 0 atom stereocenters. The summed E-state index contributed by atoms with van der Waals surface area (Å²) in [5.41, 5.74) is 0.956. The van der Waals surface area contributed by atoms with Crippen molar-refractivity contribution in [3.63, 3.8) is 0 Å². The monoisotopic (exact) mass is 259 g/mol. The van der Waals surface area contributed by atoms with E-state index in [2.05, 4.69) is 0 Å². The van der Waals surface area contributed by atoms with E-state index >= 15 is 0 Å². The summed E-state index contributed by atoms with van der Waals surface area (Å²) in [7, 11) is 1.49. The molecule has 0 bridgehead atoms. The molecule has 0 aliphatic heterocycles. The first-order valence-corrected chi connectivity index (χ1v) is 6.04. The number of thiophene rings is 1. The molecular formula is C12H12F3NS. The van der Waals surface area contributed by atoms with Crippen LogP contribution in [0.1, 0.15) is 5.56 Å². The molecule has 0 radical (unpaired) electrons. The zero-order chi connectivity index (χ0) is 12.5. The summed E-state index contributed by atoms with van der Waals surface area (Å²) in [6, 6.07) is 7.76. The highest BCUT2D eigenvalue weighted by Gasteiger charge is 2.29. The number of rotatable bonds is 3. The minimum atomic E-state index is -4.14.